The number of unbranched alkanes of at least 4 members (excludes halogenated alkanes) is 6. The van der Waals surface area contributed by atoms with E-state index in [1.807, 2.05) is 7.05 Å². The molecule has 126 valence electrons. The maximum absolute atomic E-state index is 10.1. The minimum Gasteiger partial charge on any atom is -0.390 e. The van der Waals surface area contributed by atoms with Crippen molar-refractivity contribution in [3.63, 3.8) is 0 Å². The van der Waals surface area contributed by atoms with Crippen LogP contribution in [0.25, 0.3) is 0 Å². The quantitative estimate of drug-likeness (QED) is 0.372. The van der Waals surface area contributed by atoms with Crippen molar-refractivity contribution < 1.29 is 24.9 Å². The Kier molecular flexibility index (Phi) is 8.13. The topological polar surface area (TPSA) is 80.9 Å². The summed E-state index contributed by atoms with van der Waals surface area (Å²) in [6.45, 7) is 3.25. The van der Waals surface area contributed by atoms with Gasteiger partial charge in [0.15, 0.2) is 0 Å². The van der Waals surface area contributed by atoms with Gasteiger partial charge in [-0.2, -0.15) is 0 Å². The smallest absolute Gasteiger partial charge is 0.141 e. The Bertz CT molecular complexity index is 289. The van der Waals surface area contributed by atoms with Crippen LogP contribution in [0, 0.1) is 0 Å². The molecule has 1 unspecified atom stereocenters. The highest BCUT2D eigenvalue weighted by molar-refractivity contribution is 4.87. The van der Waals surface area contributed by atoms with Crippen LogP contribution in [-0.4, -0.2) is 76.0 Å². The van der Waals surface area contributed by atoms with E-state index in [0.29, 0.717) is 11.0 Å². The molecular weight excluding hydrogens is 270 g/mol. The molecule has 1 rings (SSSR count). The van der Waals surface area contributed by atoms with Crippen molar-refractivity contribution in [2.45, 2.75) is 76.2 Å². The number of piperidine rings is 1. The molecule has 0 saturated carbocycles. The van der Waals surface area contributed by atoms with E-state index in [9.17, 15) is 20.4 Å². The predicted octanol–water partition coefficient (Wildman–Crippen LogP) is 0.641. The van der Waals surface area contributed by atoms with Crippen molar-refractivity contribution in [3.05, 3.63) is 0 Å². The number of rotatable bonds is 9. The average molecular weight is 304 g/mol. The number of hydrogen-bond donors (Lipinski definition) is 4. The Hall–Kier alpha value is -0.200. The zero-order chi connectivity index (χ0) is 15.9. The highest BCUT2D eigenvalue weighted by Gasteiger charge is 2.49. The van der Waals surface area contributed by atoms with E-state index in [1.54, 1.807) is 0 Å². The van der Waals surface area contributed by atoms with E-state index in [0.717, 1.165) is 19.4 Å². The van der Waals surface area contributed by atoms with Gasteiger partial charge in [0.05, 0.1) is 20.2 Å². The second-order valence-electron chi connectivity index (χ2n) is 6.81. The number of likely N-dealkylation sites (tertiary alicyclic amines) is 1. The molecule has 4 N–H and O–H groups in total. The lowest BCUT2D eigenvalue weighted by Crippen LogP contribution is -2.70. The fourth-order valence-corrected chi connectivity index (χ4v) is 3.49. The average Bonchev–Trinajstić information content (AvgIpc) is 2.44. The van der Waals surface area contributed by atoms with Crippen molar-refractivity contribution in [3.8, 4) is 0 Å². The van der Waals surface area contributed by atoms with Crippen molar-refractivity contribution in [2.75, 3.05) is 26.7 Å². The van der Waals surface area contributed by atoms with Crippen molar-refractivity contribution in [1.29, 1.82) is 0 Å². The van der Waals surface area contributed by atoms with Crippen molar-refractivity contribution in [1.82, 2.24) is 0 Å². The first-order valence-electron chi connectivity index (χ1n) is 8.45. The summed E-state index contributed by atoms with van der Waals surface area (Å²) in [5.74, 6) is 0. The second kappa shape index (κ2) is 9.06. The molecule has 0 aromatic carbocycles. The largest absolute Gasteiger partial charge is 0.390 e. The second-order valence-corrected chi connectivity index (χ2v) is 6.81. The lowest BCUT2D eigenvalue weighted by molar-refractivity contribution is -0.946. The molecular formula is C16H34NO4+. The van der Waals surface area contributed by atoms with E-state index in [-0.39, 0.29) is 6.61 Å². The number of likely N-dealkylation sites (N-methyl/N-ethyl adjacent to an activating group) is 1. The number of hydrogen-bond acceptors (Lipinski definition) is 4. The van der Waals surface area contributed by atoms with Crippen molar-refractivity contribution >= 4 is 0 Å². The molecule has 0 amide bonds. The van der Waals surface area contributed by atoms with E-state index < -0.39 is 24.4 Å². The van der Waals surface area contributed by atoms with Gasteiger partial charge >= 0.3 is 0 Å². The summed E-state index contributed by atoms with van der Waals surface area (Å²) in [5.41, 5.74) is 0. The molecule has 1 saturated heterocycles. The van der Waals surface area contributed by atoms with Gasteiger partial charge in [-0.05, 0) is 12.8 Å². The molecule has 5 heteroatoms. The maximum atomic E-state index is 10.1. The van der Waals surface area contributed by atoms with Crippen LogP contribution in [0.2, 0.25) is 0 Å². The summed E-state index contributed by atoms with van der Waals surface area (Å²) in [5, 5.41) is 39.2. The molecule has 5 atom stereocenters. The molecule has 5 nitrogen and oxygen atoms in total. The Morgan fingerprint density at radius 2 is 1.48 bits per heavy atom. The molecule has 0 aliphatic carbocycles. The zero-order valence-corrected chi connectivity index (χ0v) is 13.6. The van der Waals surface area contributed by atoms with E-state index in [4.69, 9.17) is 0 Å². The van der Waals surface area contributed by atoms with E-state index in [2.05, 4.69) is 6.92 Å². The van der Waals surface area contributed by atoms with Crippen LogP contribution >= 0.6 is 0 Å². The fraction of sp³-hybridized carbons (Fsp3) is 1.00. The molecule has 21 heavy (non-hydrogen) atoms. The van der Waals surface area contributed by atoms with Crippen LogP contribution in [0.4, 0.5) is 0 Å². The van der Waals surface area contributed by atoms with Gasteiger partial charge in [0.1, 0.15) is 30.9 Å². The molecule has 0 aromatic rings. The van der Waals surface area contributed by atoms with Gasteiger partial charge in [0.2, 0.25) is 0 Å². The molecule has 0 spiro atoms. The third kappa shape index (κ3) is 5.18. The third-order valence-electron chi connectivity index (χ3n) is 5.00. The van der Waals surface area contributed by atoms with Gasteiger partial charge in [-0.15, -0.1) is 0 Å². The highest BCUT2D eigenvalue weighted by atomic mass is 16.4. The molecule has 0 aromatic heterocycles. The number of quaternary nitrogens is 1. The van der Waals surface area contributed by atoms with Crippen LogP contribution in [0.5, 0.6) is 0 Å². The SMILES string of the molecule is CCCCCCCCC[N+]1(C)C[C@@H](O)[C@@H](O)[C@H](O)[C@H]1CO. The first-order valence-corrected chi connectivity index (χ1v) is 8.45. The first kappa shape index (κ1) is 18.8. The Morgan fingerprint density at radius 3 is 2.05 bits per heavy atom. The minimum atomic E-state index is -1.15. The van der Waals surface area contributed by atoms with Crippen LogP contribution in [0.15, 0.2) is 0 Å². The third-order valence-corrected chi connectivity index (χ3v) is 5.00. The van der Waals surface area contributed by atoms with E-state index >= 15 is 0 Å². The Labute approximate surface area is 128 Å². The van der Waals surface area contributed by atoms with Gasteiger partial charge in [-0.3, -0.25) is 0 Å². The predicted molar refractivity (Wildman–Crippen MR) is 82.8 cm³/mol. The highest BCUT2D eigenvalue weighted by Crippen LogP contribution is 2.26. The summed E-state index contributed by atoms with van der Waals surface area (Å²) in [6.07, 6.45) is 5.38. The normalized spacial score (nSPS) is 36.9. The van der Waals surface area contributed by atoms with Crippen LogP contribution < -0.4 is 0 Å². The molecule has 1 heterocycles. The number of aliphatic hydroxyl groups excluding tert-OH is 4. The van der Waals surface area contributed by atoms with Crippen molar-refractivity contribution in [2.24, 2.45) is 0 Å². The number of aliphatic hydroxyl groups is 4. The summed E-state index contributed by atoms with van der Waals surface area (Å²) in [6, 6.07) is -0.413. The molecule has 1 aliphatic heterocycles. The standard InChI is InChI=1S/C16H34NO4/c1-3-4-5-6-7-8-9-10-17(2)11-14(19)16(21)15(20)13(17)12-18/h13-16,18-21H,3-12H2,1-2H3/q+1/t13-,14-,15-,16-,17?/m1/s1. The van der Waals surface area contributed by atoms with Gasteiger partial charge in [-0.1, -0.05) is 39.0 Å². The van der Waals surface area contributed by atoms with Crippen LogP contribution in [0.1, 0.15) is 51.9 Å². The number of nitrogens with zero attached hydrogens (tertiary/aromatic N) is 1. The zero-order valence-electron chi connectivity index (χ0n) is 13.6. The van der Waals surface area contributed by atoms with Crippen LogP contribution in [0.3, 0.4) is 0 Å². The van der Waals surface area contributed by atoms with Gasteiger partial charge in [-0.25, -0.2) is 0 Å². The summed E-state index contributed by atoms with van der Waals surface area (Å²) < 4.78 is 0.435. The molecule has 1 fully saturated rings. The Morgan fingerprint density at radius 1 is 0.905 bits per heavy atom. The summed E-state index contributed by atoms with van der Waals surface area (Å²) in [7, 11) is 1.95. The first-order chi connectivity index (χ1) is 9.96. The monoisotopic (exact) mass is 304 g/mol. The lowest BCUT2D eigenvalue weighted by Gasteiger charge is -2.49. The molecule has 0 radical (unpaired) electrons. The maximum Gasteiger partial charge on any atom is 0.141 e. The van der Waals surface area contributed by atoms with E-state index in [1.165, 1.54) is 32.1 Å². The summed E-state index contributed by atoms with van der Waals surface area (Å²) in [4.78, 5) is 0. The van der Waals surface area contributed by atoms with Gasteiger partial charge in [0, 0.05) is 0 Å². The fourth-order valence-electron chi connectivity index (χ4n) is 3.49. The van der Waals surface area contributed by atoms with Gasteiger partial charge in [0.25, 0.3) is 0 Å². The molecule has 0 bridgehead atoms. The van der Waals surface area contributed by atoms with Gasteiger partial charge < -0.3 is 24.9 Å². The minimum absolute atomic E-state index is 0.169. The lowest BCUT2D eigenvalue weighted by atomic mass is 9.91. The Balaban J connectivity index is 2.39. The molecule has 1 aliphatic rings. The van der Waals surface area contributed by atoms with Crippen LogP contribution in [-0.2, 0) is 0 Å². The summed E-state index contributed by atoms with van der Waals surface area (Å²) >= 11 is 0.